The minimum absolute atomic E-state index is 0.234. The first kappa shape index (κ1) is 17.0. The lowest BCUT2D eigenvalue weighted by molar-refractivity contribution is -0.119. The van der Waals surface area contributed by atoms with Gasteiger partial charge in [-0.05, 0) is 36.8 Å². The molecule has 2 aromatic carbocycles. The van der Waals surface area contributed by atoms with Crippen LogP contribution in [0, 0.1) is 12.7 Å². The van der Waals surface area contributed by atoms with Gasteiger partial charge in [0.2, 0.25) is 5.91 Å². The number of carbonyl (C=O) groups excluding carboxylic acids is 2. The quantitative estimate of drug-likeness (QED) is 0.828. The van der Waals surface area contributed by atoms with Gasteiger partial charge in [0.15, 0.2) is 0 Å². The first-order chi connectivity index (χ1) is 11.0. The average molecular weight is 332 g/mol. The molecule has 2 aromatic rings. The van der Waals surface area contributed by atoms with Crippen molar-refractivity contribution in [3.8, 4) is 0 Å². The maximum Gasteiger partial charge on any atom is 0.269 e. The van der Waals surface area contributed by atoms with E-state index in [1.165, 1.54) is 41.6 Å². The van der Waals surface area contributed by atoms with Crippen LogP contribution < -0.4 is 10.9 Å². The van der Waals surface area contributed by atoms with Gasteiger partial charge < -0.3 is 0 Å². The summed E-state index contributed by atoms with van der Waals surface area (Å²) in [5.74, 6) is -0.241. The molecule has 23 heavy (non-hydrogen) atoms. The number of nitrogens with one attached hydrogen (secondary N) is 2. The van der Waals surface area contributed by atoms with Crippen LogP contribution in [0.25, 0.3) is 0 Å². The van der Waals surface area contributed by atoms with E-state index in [9.17, 15) is 14.0 Å². The fourth-order valence-electron chi connectivity index (χ4n) is 1.78. The molecule has 0 aliphatic carbocycles. The number of amides is 2. The first-order valence-corrected chi connectivity index (χ1v) is 8.18. The summed E-state index contributed by atoms with van der Waals surface area (Å²) in [4.78, 5) is 23.4. The van der Waals surface area contributed by atoms with E-state index >= 15 is 0 Å². The van der Waals surface area contributed by atoms with Gasteiger partial charge in [0.1, 0.15) is 5.82 Å². The summed E-state index contributed by atoms with van der Waals surface area (Å²) >= 11 is 1.46. The number of aryl methyl sites for hydroxylation is 1. The van der Waals surface area contributed by atoms with Crippen molar-refractivity contribution < 1.29 is 14.0 Å². The Morgan fingerprint density at radius 1 is 1.00 bits per heavy atom. The Morgan fingerprint density at radius 2 is 1.65 bits per heavy atom. The molecule has 120 valence electrons. The molecule has 0 bridgehead atoms. The minimum Gasteiger partial charge on any atom is -0.272 e. The molecule has 0 unspecified atom stereocenters. The highest BCUT2D eigenvalue weighted by molar-refractivity contribution is 7.99. The topological polar surface area (TPSA) is 58.2 Å². The highest BCUT2D eigenvalue weighted by atomic mass is 32.2. The highest BCUT2D eigenvalue weighted by Crippen LogP contribution is 2.12. The van der Waals surface area contributed by atoms with Crippen LogP contribution >= 0.6 is 11.8 Å². The zero-order chi connectivity index (χ0) is 16.7. The molecule has 0 aliphatic rings. The Hall–Kier alpha value is -2.34. The van der Waals surface area contributed by atoms with Crippen LogP contribution in [0.15, 0.2) is 48.5 Å². The van der Waals surface area contributed by atoms with E-state index in [-0.39, 0.29) is 17.2 Å². The smallest absolute Gasteiger partial charge is 0.269 e. The summed E-state index contributed by atoms with van der Waals surface area (Å²) in [6.07, 6.45) is 0. The number of benzene rings is 2. The Balaban J connectivity index is 1.69. The molecule has 0 aromatic heterocycles. The maximum atomic E-state index is 12.8. The molecule has 0 fully saturated rings. The third-order valence-electron chi connectivity index (χ3n) is 3.04. The number of halogens is 1. The van der Waals surface area contributed by atoms with Crippen molar-refractivity contribution in [2.75, 3.05) is 5.75 Å². The average Bonchev–Trinajstić information content (AvgIpc) is 2.55. The summed E-state index contributed by atoms with van der Waals surface area (Å²) < 4.78 is 12.8. The van der Waals surface area contributed by atoms with Crippen molar-refractivity contribution in [2.45, 2.75) is 12.7 Å². The van der Waals surface area contributed by atoms with E-state index in [2.05, 4.69) is 10.9 Å². The summed E-state index contributed by atoms with van der Waals surface area (Å²) in [6, 6.07) is 13.2. The lowest BCUT2D eigenvalue weighted by atomic mass is 10.2. The second-order valence-electron chi connectivity index (χ2n) is 4.99. The van der Waals surface area contributed by atoms with E-state index in [4.69, 9.17) is 0 Å². The normalized spacial score (nSPS) is 10.2. The summed E-state index contributed by atoms with van der Waals surface area (Å²) in [5.41, 5.74) is 7.25. The molecule has 0 spiro atoms. The van der Waals surface area contributed by atoms with Gasteiger partial charge in [-0.1, -0.05) is 29.8 Å². The molecule has 0 atom stereocenters. The Bertz CT molecular complexity index is 672. The van der Waals surface area contributed by atoms with E-state index in [1.54, 1.807) is 0 Å². The van der Waals surface area contributed by atoms with Gasteiger partial charge in [-0.3, -0.25) is 20.4 Å². The number of hydrogen-bond acceptors (Lipinski definition) is 3. The third-order valence-corrected chi connectivity index (χ3v) is 4.05. The van der Waals surface area contributed by atoms with Crippen LogP contribution in [0.4, 0.5) is 4.39 Å². The van der Waals surface area contributed by atoms with Crippen molar-refractivity contribution in [1.82, 2.24) is 10.9 Å². The van der Waals surface area contributed by atoms with Gasteiger partial charge in [0.25, 0.3) is 5.91 Å². The monoisotopic (exact) mass is 332 g/mol. The van der Waals surface area contributed by atoms with E-state index < -0.39 is 11.7 Å². The third kappa shape index (κ3) is 5.75. The van der Waals surface area contributed by atoms with Gasteiger partial charge >= 0.3 is 0 Å². The predicted octanol–water partition coefficient (Wildman–Crippen LogP) is 2.83. The molecule has 2 rings (SSSR count). The van der Waals surface area contributed by atoms with Gasteiger partial charge in [-0.15, -0.1) is 11.8 Å². The molecule has 0 radical (unpaired) electrons. The fraction of sp³-hybridized carbons (Fsp3) is 0.176. The molecule has 2 N–H and O–H groups in total. The van der Waals surface area contributed by atoms with Crippen LogP contribution in [-0.2, 0) is 10.5 Å². The molecule has 0 aliphatic heterocycles. The van der Waals surface area contributed by atoms with Crippen LogP contribution in [-0.4, -0.2) is 17.6 Å². The summed E-state index contributed by atoms with van der Waals surface area (Å²) in [5, 5.41) is 0. The van der Waals surface area contributed by atoms with Crippen molar-refractivity contribution in [3.63, 3.8) is 0 Å². The van der Waals surface area contributed by atoms with Gasteiger partial charge in [-0.2, -0.15) is 0 Å². The predicted molar refractivity (Wildman–Crippen MR) is 89.3 cm³/mol. The molecular weight excluding hydrogens is 315 g/mol. The molecule has 4 nitrogen and oxygen atoms in total. The molecule has 0 saturated carbocycles. The number of rotatable bonds is 5. The second-order valence-corrected chi connectivity index (χ2v) is 5.97. The van der Waals surface area contributed by atoms with E-state index in [0.29, 0.717) is 0 Å². The Labute approximate surface area is 138 Å². The lowest BCUT2D eigenvalue weighted by Gasteiger charge is -2.07. The molecule has 0 heterocycles. The van der Waals surface area contributed by atoms with Crippen LogP contribution in [0.5, 0.6) is 0 Å². The number of hydrazine groups is 1. The van der Waals surface area contributed by atoms with E-state index in [1.807, 2.05) is 31.2 Å². The van der Waals surface area contributed by atoms with Gasteiger partial charge in [0, 0.05) is 11.3 Å². The van der Waals surface area contributed by atoms with E-state index in [0.717, 1.165) is 11.3 Å². The molecule has 0 saturated heterocycles. The fourth-order valence-corrected chi connectivity index (χ4v) is 2.57. The van der Waals surface area contributed by atoms with Crippen LogP contribution in [0.3, 0.4) is 0 Å². The number of thioether (sulfide) groups is 1. The summed E-state index contributed by atoms with van der Waals surface area (Å²) in [7, 11) is 0. The van der Waals surface area contributed by atoms with Crippen LogP contribution in [0.2, 0.25) is 0 Å². The maximum absolute atomic E-state index is 12.8. The van der Waals surface area contributed by atoms with Crippen LogP contribution in [0.1, 0.15) is 21.5 Å². The van der Waals surface area contributed by atoms with Crippen molar-refractivity contribution in [3.05, 3.63) is 71.0 Å². The van der Waals surface area contributed by atoms with Gasteiger partial charge in [0.05, 0.1) is 5.75 Å². The highest BCUT2D eigenvalue weighted by Gasteiger charge is 2.07. The first-order valence-electron chi connectivity index (χ1n) is 7.02. The minimum atomic E-state index is -0.484. The largest absolute Gasteiger partial charge is 0.272 e. The molecular formula is C17H17FN2O2S. The molecule has 6 heteroatoms. The van der Waals surface area contributed by atoms with Crippen molar-refractivity contribution >= 4 is 23.6 Å². The van der Waals surface area contributed by atoms with Crippen molar-refractivity contribution in [1.29, 1.82) is 0 Å². The Kier molecular flexibility index (Phi) is 6.17. The van der Waals surface area contributed by atoms with Crippen molar-refractivity contribution in [2.24, 2.45) is 0 Å². The standard InChI is InChI=1S/C17H17FN2O2S/c1-12-2-4-13(5-3-12)10-23-11-16(21)19-20-17(22)14-6-8-15(18)9-7-14/h2-9H,10-11H2,1H3,(H,19,21)(H,20,22). The van der Waals surface area contributed by atoms with Gasteiger partial charge in [-0.25, -0.2) is 4.39 Å². The lowest BCUT2D eigenvalue weighted by Crippen LogP contribution is -2.42. The second kappa shape index (κ2) is 8.33. The molecule has 2 amide bonds. The zero-order valence-corrected chi connectivity index (χ0v) is 13.5. The number of hydrogen-bond donors (Lipinski definition) is 2. The number of carbonyl (C=O) groups is 2. The SMILES string of the molecule is Cc1ccc(CSCC(=O)NNC(=O)c2ccc(F)cc2)cc1. The zero-order valence-electron chi connectivity index (χ0n) is 12.6. The summed E-state index contributed by atoms with van der Waals surface area (Å²) in [6.45, 7) is 2.02. The Morgan fingerprint density at radius 3 is 2.30 bits per heavy atom.